The Balaban J connectivity index is 2.42. The number of nitrogens with one attached hydrogen (secondary N) is 1. The van der Waals surface area contributed by atoms with Gasteiger partial charge in [0, 0.05) is 20.2 Å². The lowest BCUT2D eigenvalue weighted by Gasteiger charge is -2.15. The maximum atomic E-state index is 11.8. The molecule has 0 saturated heterocycles. The standard InChI is InChI=1S/C11H15BrN2O4/c1-14(7-10(16)13-5-2-6-15)11(17)8-3-4-9(12)18-8/h3-4,15H,2,5-7H2,1H3,(H,13,16). The molecule has 0 radical (unpaired) electrons. The van der Waals surface area contributed by atoms with E-state index in [1.165, 1.54) is 18.0 Å². The second-order valence-electron chi connectivity index (χ2n) is 3.69. The number of nitrogens with zero attached hydrogens (tertiary/aromatic N) is 1. The molecular weight excluding hydrogens is 304 g/mol. The van der Waals surface area contributed by atoms with Crippen molar-refractivity contribution >= 4 is 27.7 Å². The van der Waals surface area contributed by atoms with Crippen molar-refractivity contribution in [2.75, 3.05) is 26.7 Å². The van der Waals surface area contributed by atoms with E-state index in [0.29, 0.717) is 17.6 Å². The van der Waals surface area contributed by atoms with Crippen LogP contribution in [0.25, 0.3) is 0 Å². The molecule has 0 spiro atoms. The molecule has 1 aromatic heterocycles. The second kappa shape index (κ2) is 7.17. The van der Waals surface area contributed by atoms with Crippen LogP contribution in [0.2, 0.25) is 0 Å². The SMILES string of the molecule is CN(CC(=O)NCCCO)C(=O)c1ccc(Br)o1. The topological polar surface area (TPSA) is 82.8 Å². The first-order chi connectivity index (χ1) is 8.54. The minimum absolute atomic E-state index is 0.0233. The van der Waals surface area contributed by atoms with Gasteiger partial charge in [-0.25, -0.2) is 0 Å². The van der Waals surface area contributed by atoms with Crippen molar-refractivity contribution in [1.29, 1.82) is 0 Å². The zero-order chi connectivity index (χ0) is 13.5. The third-order valence-corrected chi connectivity index (χ3v) is 2.59. The number of hydrogen-bond acceptors (Lipinski definition) is 4. The van der Waals surface area contributed by atoms with Crippen molar-refractivity contribution in [1.82, 2.24) is 10.2 Å². The van der Waals surface area contributed by atoms with E-state index in [1.807, 2.05) is 0 Å². The Labute approximate surface area is 113 Å². The Kier molecular flexibility index (Phi) is 5.87. The Morgan fingerprint density at radius 2 is 2.22 bits per heavy atom. The van der Waals surface area contributed by atoms with Gasteiger partial charge in [0.15, 0.2) is 10.4 Å². The smallest absolute Gasteiger partial charge is 0.289 e. The van der Waals surface area contributed by atoms with Crippen LogP contribution in [0.3, 0.4) is 0 Å². The second-order valence-corrected chi connectivity index (χ2v) is 4.47. The van der Waals surface area contributed by atoms with Gasteiger partial charge in [0.05, 0.1) is 6.54 Å². The Morgan fingerprint density at radius 1 is 1.50 bits per heavy atom. The maximum absolute atomic E-state index is 11.8. The Morgan fingerprint density at radius 3 is 2.78 bits per heavy atom. The molecule has 2 amide bonds. The molecule has 0 fully saturated rings. The monoisotopic (exact) mass is 318 g/mol. The predicted octanol–water partition coefficient (Wildman–Crippen LogP) is 0.613. The van der Waals surface area contributed by atoms with Crippen LogP contribution in [-0.4, -0.2) is 48.6 Å². The van der Waals surface area contributed by atoms with Gasteiger partial charge >= 0.3 is 0 Å². The van der Waals surface area contributed by atoms with E-state index in [-0.39, 0.29) is 30.7 Å². The summed E-state index contributed by atoms with van der Waals surface area (Å²) >= 11 is 3.10. The molecule has 0 aliphatic carbocycles. The van der Waals surface area contributed by atoms with E-state index < -0.39 is 0 Å². The van der Waals surface area contributed by atoms with Gasteiger partial charge in [-0.1, -0.05) is 0 Å². The van der Waals surface area contributed by atoms with E-state index >= 15 is 0 Å². The molecule has 0 aromatic carbocycles. The zero-order valence-corrected chi connectivity index (χ0v) is 11.6. The summed E-state index contributed by atoms with van der Waals surface area (Å²) in [4.78, 5) is 24.5. The number of aliphatic hydroxyl groups is 1. The number of rotatable bonds is 6. The summed E-state index contributed by atoms with van der Waals surface area (Å²) in [5, 5.41) is 11.2. The van der Waals surface area contributed by atoms with E-state index in [0.717, 1.165) is 0 Å². The molecule has 0 atom stereocenters. The highest BCUT2D eigenvalue weighted by Crippen LogP contribution is 2.15. The molecule has 0 aliphatic rings. The molecule has 0 saturated carbocycles. The first-order valence-corrected chi connectivity index (χ1v) is 6.22. The molecule has 1 rings (SSSR count). The quantitative estimate of drug-likeness (QED) is 0.753. The molecule has 0 unspecified atom stereocenters. The molecule has 6 nitrogen and oxygen atoms in total. The van der Waals surface area contributed by atoms with Crippen molar-refractivity contribution in [2.45, 2.75) is 6.42 Å². The van der Waals surface area contributed by atoms with Crippen LogP contribution < -0.4 is 5.32 Å². The maximum Gasteiger partial charge on any atom is 0.289 e. The van der Waals surface area contributed by atoms with Gasteiger partial charge < -0.3 is 19.7 Å². The average molecular weight is 319 g/mol. The van der Waals surface area contributed by atoms with Gasteiger partial charge in [-0.2, -0.15) is 0 Å². The molecule has 100 valence electrons. The van der Waals surface area contributed by atoms with Crippen LogP contribution >= 0.6 is 15.9 Å². The van der Waals surface area contributed by atoms with Crippen molar-refractivity contribution in [3.8, 4) is 0 Å². The number of hydrogen-bond donors (Lipinski definition) is 2. The summed E-state index contributed by atoms with van der Waals surface area (Å²) in [6.07, 6.45) is 0.495. The molecular formula is C11H15BrN2O4. The summed E-state index contributed by atoms with van der Waals surface area (Å²) in [6.45, 7) is 0.363. The van der Waals surface area contributed by atoms with Crippen molar-refractivity contribution < 1.29 is 19.1 Å². The van der Waals surface area contributed by atoms with E-state index in [9.17, 15) is 9.59 Å². The molecule has 7 heteroatoms. The van der Waals surface area contributed by atoms with Gasteiger partial charge in [-0.15, -0.1) is 0 Å². The number of amides is 2. The predicted molar refractivity (Wildman–Crippen MR) is 68.1 cm³/mol. The van der Waals surface area contributed by atoms with Crippen LogP contribution in [0.5, 0.6) is 0 Å². The summed E-state index contributed by atoms with van der Waals surface area (Å²) < 4.78 is 5.57. The number of carbonyl (C=O) groups excluding carboxylic acids is 2. The molecule has 1 heterocycles. The third-order valence-electron chi connectivity index (χ3n) is 2.17. The van der Waals surface area contributed by atoms with Crippen LogP contribution in [0.15, 0.2) is 21.2 Å². The Bertz CT molecular complexity index is 419. The average Bonchev–Trinajstić information content (AvgIpc) is 2.75. The highest BCUT2D eigenvalue weighted by atomic mass is 79.9. The number of furan rings is 1. The summed E-state index contributed by atoms with van der Waals surface area (Å²) in [5.41, 5.74) is 0. The van der Waals surface area contributed by atoms with Gasteiger partial charge in [0.2, 0.25) is 5.91 Å². The fourth-order valence-corrected chi connectivity index (χ4v) is 1.57. The third kappa shape index (κ3) is 4.50. The van der Waals surface area contributed by atoms with Crippen molar-refractivity contribution in [3.05, 3.63) is 22.6 Å². The molecule has 0 aliphatic heterocycles. The largest absolute Gasteiger partial charge is 0.444 e. The zero-order valence-electron chi connectivity index (χ0n) is 9.98. The van der Waals surface area contributed by atoms with Crippen molar-refractivity contribution in [2.24, 2.45) is 0 Å². The van der Waals surface area contributed by atoms with Crippen LogP contribution in [0.4, 0.5) is 0 Å². The lowest BCUT2D eigenvalue weighted by molar-refractivity contribution is -0.121. The van der Waals surface area contributed by atoms with Gasteiger partial charge in [-0.05, 0) is 34.5 Å². The van der Waals surface area contributed by atoms with E-state index in [4.69, 9.17) is 9.52 Å². The molecule has 2 N–H and O–H groups in total. The molecule has 1 aromatic rings. The summed E-state index contributed by atoms with van der Waals surface area (Å²) in [5.74, 6) is -0.463. The van der Waals surface area contributed by atoms with Gasteiger partial charge in [0.1, 0.15) is 0 Å². The first kappa shape index (κ1) is 14.7. The number of halogens is 1. The molecule has 0 bridgehead atoms. The van der Waals surface area contributed by atoms with Crippen LogP contribution in [-0.2, 0) is 4.79 Å². The number of aliphatic hydroxyl groups excluding tert-OH is 1. The van der Waals surface area contributed by atoms with Crippen molar-refractivity contribution in [3.63, 3.8) is 0 Å². The highest BCUT2D eigenvalue weighted by Gasteiger charge is 2.17. The lowest BCUT2D eigenvalue weighted by atomic mass is 10.3. The van der Waals surface area contributed by atoms with E-state index in [1.54, 1.807) is 6.07 Å². The summed E-state index contributed by atoms with van der Waals surface area (Å²) in [7, 11) is 1.52. The number of likely N-dealkylation sites (N-methyl/N-ethyl adjacent to an activating group) is 1. The van der Waals surface area contributed by atoms with Gasteiger partial charge in [0.25, 0.3) is 5.91 Å². The minimum atomic E-state index is -0.363. The fraction of sp³-hybridized carbons (Fsp3) is 0.455. The minimum Gasteiger partial charge on any atom is -0.444 e. The first-order valence-electron chi connectivity index (χ1n) is 5.43. The van der Waals surface area contributed by atoms with Gasteiger partial charge in [-0.3, -0.25) is 9.59 Å². The lowest BCUT2D eigenvalue weighted by Crippen LogP contribution is -2.38. The van der Waals surface area contributed by atoms with Crippen LogP contribution in [0, 0.1) is 0 Å². The Hall–Kier alpha value is -1.34. The normalized spacial score (nSPS) is 10.2. The van der Waals surface area contributed by atoms with Crippen LogP contribution in [0.1, 0.15) is 17.0 Å². The highest BCUT2D eigenvalue weighted by molar-refractivity contribution is 9.10. The molecule has 18 heavy (non-hydrogen) atoms. The fourth-order valence-electron chi connectivity index (χ4n) is 1.27. The number of carbonyl (C=O) groups is 2. The summed E-state index contributed by atoms with van der Waals surface area (Å²) in [6, 6.07) is 3.15. The van der Waals surface area contributed by atoms with E-state index in [2.05, 4.69) is 21.2 Å².